The van der Waals surface area contributed by atoms with E-state index < -0.39 is 0 Å². The fourth-order valence-electron chi connectivity index (χ4n) is 2.12. The smallest absolute Gasteiger partial charge is 0.0909 e. The maximum atomic E-state index is 4.09. The number of nitrogens with zero attached hydrogens (tertiary/aromatic N) is 2. The molecule has 0 atom stereocenters. The van der Waals surface area contributed by atoms with E-state index in [9.17, 15) is 0 Å². The summed E-state index contributed by atoms with van der Waals surface area (Å²) in [5.74, 6) is 0. The maximum absolute atomic E-state index is 4.09. The van der Waals surface area contributed by atoms with Crippen molar-refractivity contribution in [1.82, 2.24) is 14.8 Å². The van der Waals surface area contributed by atoms with Gasteiger partial charge in [-0.2, -0.15) is 5.10 Å². The zero-order chi connectivity index (χ0) is 10.4. The van der Waals surface area contributed by atoms with Gasteiger partial charge in [-0.25, -0.2) is 0 Å². The Morgan fingerprint density at radius 3 is 3.13 bits per heavy atom. The minimum absolute atomic E-state index is 0.947. The third kappa shape index (κ3) is 1.08. The highest BCUT2D eigenvalue weighted by Gasteiger charge is 2.12. The predicted octanol–water partition coefficient (Wildman–Crippen LogP) is 3.30. The SMILES string of the molecule is CCn1c2cn[nH]c2c2cccc(Br)c21. The van der Waals surface area contributed by atoms with Crippen LogP contribution in [0.1, 0.15) is 6.92 Å². The number of halogens is 1. The highest BCUT2D eigenvalue weighted by Crippen LogP contribution is 2.31. The van der Waals surface area contributed by atoms with Crippen LogP contribution in [-0.2, 0) is 6.54 Å². The zero-order valence-corrected chi connectivity index (χ0v) is 9.87. The average molecular weight is 264 g/mol. The molecule has 4 heteroatoms. The van der Waals surface area contributed by atoms with Crippen molar-refractivity contribution < 1.29 is 0 Å². The molecule has 0 aliphatic rings. The summed E-state index contributed by atoms with van der Waals surface area (Å²) in [7, 11) is 0. The summed E-state index contributed by atoms with van der Waals surface area (Å²) in [5.41, 5.74) is 3.52. The number of rotatable bonds is 1. The second-order valence-electron chi connectivity index (χ2n) is 3.51. The number of hydrogen-bond acceptors (Lipinski definition) is 1. The molecule has 0 saturated carbocycles. The van der Waals surface area contributed by atoms with Gasteiger partial charge in [0.25, 0.3) is 0 Å². The van der Waals surface area contributed by atoms with Gasteiger partial charge in [0.15, 0.2) is 0 Å². The molecule has 1 aromatic carbocycles. The molecule has 3 rings (SSSR count). The van der Waals surface area contributed by atoms with Crippen molar-refractivity contribution in [3.05, 3.63) is 28.9 Å². The van der Waals surface area contributed by atoms with E-state index >= 15 is 0 Å². The van der Waals surface area contributed by atoms with Gasteiger partial charge in [0.1, 0.15) is 0 Å². The van der Waals surface area contributed by atoms with Crippen LogP contribution in [0.5, 0.6) is 0 Å². The number of aromatic amines is 1. The van der Waals surface area contributed by atoms with Gasteiger partial charge < -0.3 is 4.57 Å². The van der Waals surface area contributed by atoms with Gasteiger partial charge in [-0.3, -0.25) is 5.10 Å². The van der Waals surface area contributed by atoms with E-state index in [4.69, 9.17) is 0 Å². The molecule has 0 amide bonds. The number of aryl methyl sites for hydroxylation is 1. The molecule has 3 nitrogen and oxygen atoms in total. The van der Waals surface area contributed by atoms with Crippen molar-refractivity contribution in [3.63, 3.8) is 0 Å². The lowest BCUT2D eigenvalue weighted by Gasteiger charge is -2.02. The van der Waals surface area contributed by atoms with E-state index in [1.807, 2.05) is 12.3 Å². The van der Waals surface area contributed by atoms with Crippen LogP contribution in [0.4, 0.5) is 0 Å². The molecule has 76 valence electrons. The minimum atomic E-state index is 0.947. The molecule has 0 aliphatic carbocycles. The Labute approximate surface area is 95.2 Å². The molecule has 0 bridgehead atoms. The molecule has 1 N–H and O–H groups in total. The van der Waals surface area contributed by atoms with Crippen LogP contribution in [0, 0.1) is 0 Å². The molecule has 3 aromatic rings. The number of H-pyrrole nitrogens is 1. The van der Waals surface area contributed by atoms with Crippen LogP contribution in [0.25, 0.3) is 21.9 Å². The van der Waals surface area contributed by atoms with Gasteiger partial charge in [0.2, 0.25) is 0 Å². The molecule has 0 radical (unpaired) electrons. The number of hydrogen-bond donors (Lipinski definition) is 1. The standard InChI is InChI=1S/C11H10BrN3/c1-2-15-9-6-13-14-10(9)7-4-3-5-8(12)11(7)15/h3-6H,2H2,1H3,(H,13,14). The molecule has 0 unspecified atom stereocenters. The third-order valence-electron chi connectivity index (χ3n) is 2.75. The molecule has 0 saturated heterocycles. The van der Waals surface area contributed by atoms with Gasteiger partial charge in [-0.05, 0) is 28.9 Å². The third-order valence-corrected chi connectivity index (χ3v) is 3.39. The van der Waals surface area contributed by atoms with Crippen molar-refractivity contribution in [2.24, 2.45) is 0 Å². The van der Waals surface area contributed by atoms with Crippen molar-refractivity contribution in [1.29, 1.82) is 0 Å². The molecular weight excluding hydrogens is 254 g/mol. The normalized spacial score (nSPS) is 11.6. The van der Waals surface area contributed by atoms with Gasteiger partial charge in [0, 0.05) is 16.4 Å². The van der Waals surface area contributed by atoms with Gasteiger partial charge in [0.05, 0.1) is 22.7 Å². The van der Waals surface area contributed by atoms with Crippen LogP contribution in [-0.4, -0.2) is 14.8 Å². The van der Waals surface area contributed by atoms with Gasteiger partial charge in [-0.1, -0.05) is 12.1 Å². The van der Waals surface area contributed by atoms with E-state index in [1.165, 1.54) is 16.4 Å². The summed E-state index contributed by atoms with van der Waals surface area (Å²) < 4.78 is 3.39. The average Bonchev–Trinajstić information content (AvgIpc) is 2.78. The molecule has 2 heterocycles. The predicted molar refractivity (Wildman–Crippen MR) is 65.0 cm³/mol. The van der Waals surface area contributed by atoms with E-state index in [0.29, 0.717) is 0 Å². The summed E-state index contributed by atoms with van der Waals surface area (Å²) >= 11 is 3.60. The Morgan fingerprint density at radius 1 is 1.47 bits per heavy atom. The van der Waals surface area contributed by atoms with E-state index in [1.54, 1.807) is 0 Å². The first-order valence-electron chi connectivity index (χ1n) is 4.92. The zero-order valence-electron chi connectivity index (χ0n) is 8.29. The second kappa shape index (κ2) is 3.10. The van der Waals surface area contributed by atoms with Crippen LogP contribution in [0.15, 0.2) is 28.9 Å². The first kappa shape index (κ1) is 8.97. The Balaban J connectivity index is 2.64. The Morgan fingerprint density at radius 2 is 2.33 bits per heavy atom. The summed E-state index contributed by atoms with van der Waals surface area (Å²) in [6, 6.07) is 6.24. The summed E-state index contributed by atoms with van der Waals surface area (Å²) in [4.78, 5) is 0. The van der Waals surface area contributed by atoms with E-state index in [2.05, 4.69) is 49.8 Å². The first-order valence-corrected chi connectivity index (χ1v) is 5.72. The lowest BCUT2D eigenvalue weighted by molar-refractivity contribution is 0.825. The quantitative estimate of drug-likeness (QED) is 0.718. The fourth-order valence-corrected chi connectivity index (χ4v) is 2.70. The Hall–Kier alpha value is -1.29. The molecule has 15 heavy (non-hydrogen) atoms. The molecule has 0 spiro atoms. The van der Waals surface area contributed by atoms with Gasteiger partial charge in [-0.15, -0.1) is 0 Å². The number of nitrogens with one attached hydrogen (secondary N) is 1. The Bertz CT molecular complexity index is 636. The topological polar surface area (TPSA) is 33.6 Å². The van der Waals surface area contributed by atoms with Crippen LogP contribution < -0.4 is 0 Å². The van der Waals surface area contributed by atoms with Crippen molar-refractivity contribution >= 4 is 37.9 Å². The second-order valence-corrected chi connectivity index (χ2v) is 4.36. The number of benzene rings is 1. The van der Waals surface area contributed by atoms with Gasteiger partial charge >= 0.3 is 0 Å². The lowest BCUT2D eigenvalue weighted by Crippen LogP contribution is -1.92. The number of para-hydroxylation sites is 1. The summed E-state index contributed by atoms with van der Waals surface area (Å²) in [5, 5.41) is 8.36. The summed E-state index contributed by atoms with van der Waals surface area (Å²) in [6.45, 7) is 3.09. The molecule has 0 fully saturated rings. The minimum Gasteiger partial charge on any atom is -0.337 e. The molecule has 2 aromatic heterocycles. The highest BCUT2D eigenvalue weighted by molar-refractivity contribution is 9.10. The van der Waals surface area contributed by atoms with Crippen LogP contribution in [0.3, 0.4) is 0 Å². The van der Waals surface area contributed by atoms with E-state index in [-0.39, 0.29) is 0 Å². The number of aromatic nitrogens is 3. The largest absolute Gasteiger partial charge is 0.337 e. The Kier molecular flexibility index (Phi) is 1.85. The molecular formula is C11H10BrN3. The number of fused-ring (bicyclic) bond motifs is 3. The van der Waals surface area contributed by atoms with Crippen LogP contribution >= 0.6 is 15.9 Å². The fraction of sp³-hybridized carbons (Fsp3) is 0.182. The van der Waals surface area contributed by atoms with E-state index in [0.717, 1.165) is 16.5 Å². The first-order chi connectivity index (χ1) is 7.33. The van der Waals surface area contributed by atoms with Crippen molar-refractivity contribution in [2.75, 3.05) is 0 Å². The van der Waals surface area contributed by atoms with Crippen LogP contribution in [0.2, 0.25) is 0 Å². The monoisotopic (exact) mass is 263 g/mol. The van der Waals surface area contributed by atoms with Crippen molar-refractivity contribution in [2.45, 2.75) is 13.5 Å². The lowest BCUT2D eigenvalue weighted by atomic mass is 10.2. The highest BCUT2D eigenvalue weighted by atomic mass is 79.9. The maximum Gasteiger partial charge on any atom is 0.0909 e. The summed E-state index contributed by atoms with van der Waals surface area (Å²) in [6.07, 6.45) is 1.88. The molecule has 0 aliphatic heterocycles. The van der Waals surface area contributed by atoms with Crippen molar-refractivity contribution in [3.8, 4) is 0 Å².